The Hall–Kier alpha value is -1.53. The maximum atomic E-state index is 13.1. The Kier molecular flexibility index (Phi) is 4.53. The first kappa shape index (κ1) is 13.5. The monoisotopic (exact) mass is 242 g/mol. The summed E-state index contributed by atoms with van der Waals surface area (Å²) in [5.41, 5.74) is -0.295. The molecule has 0 aliphatic rings. The first-order valence-electron chi connectivity index (χ1n) is 5.32. The first-order valence-corrected chi connectivity index (χ1v) is 5.32. The predicted octanol–water partition coefficient (Wildman–Crippen LogP) is 1.77. The van der Waals surface area contributed by atoms with Crippen LogP contribution in [0.3, 0.4) is 0 Å². The summed E-state index contributed by atoms with van der Waals surface area (Å²) >= 11 is 0. The summed E-state index contributed by atoms with van der Waals surface area (Å²) in [6.45, 7) is 4.31. The Morgan fingerprint density at radius 1 is 1.59 bits per heavy atom. The Bertz CT molecular complexity index is 412. The molecule has 0 aromatic heterocycles. The van der Waals surface area contributed by atoms with Gasteiger partial charge in [0.15, 0.2) is 0 Å². The lowest BCUT2D eigenvalue weighted by atomic mass is 10.0. The number of aliphatic hydroxyl groups is 1. The molecule has 1 aromatic rings. The zero-order chi connectivity index (χ0) is 13.0. The van der Waals surface area contributed by atoms with Crippen LogP contribution < -0.4 is 5.32 Å². The number of hydrogen-bond acceptors (Lipinski definition) is 4. The lowest BCUT2D eigenvalue weighted by Gasteiger charge is -2.19. The molecule has 5 nitrogen and oxygen atoms in total. The van der Waals surface area contributed by atoms with E-state index in [0.29, 0.717) is 12.1 Å². The van der Waals surface area contributed by atoms with Gasteiger partial charge in [0.2, 0.25) is 5.82 Å². The van der Waals surface area contributed by atoms with Gasteiger partial charge in [0, 0.05) is 12.1 Å². The number of nitrogens with one attached hydrogen (secondary N) is 1. The Morgan fingerprint density at radius 2 is 2.24 bits per heavy atom. The van der Waals surface area contributed by atoms with Crippen molar-refractivity contribution >= 4 is 5.69 Å². The Balaban J connectivity index is 2.99. The lowest BCUT2D eigenvalue weighted by Crippen LogP contribution is -2.31. The SMILES string of the molecule is CCNC(C)C(O)c1ccc(F)c([N+](=O)[O-])c1. The minimum Gasteiger partial charge on any atom is -0.387 e. The number of rotatable bonds is 5. The molecule has 0 heterocycles. The van der Waals surface area contributed by atoms with Crippen molar-refractivity contribution in [1.29, 1.82) is 0 Å². The fourth-order valence-electron chi connectivity index (χ4n) is 1.58. The molecule has 0 saturated carbocycles. The van der Waals surface area contributed by atoms with E-state index in [9.17, 15) is 19.6 Å². The van der Waals surface area contributed by atoms with E-state index in [1.165, 1.54) is 6.07 Å². The zero-order valence-corrected chi connectivity index (χ0v) is 9.68. The van der Waals surface area contributed by atoms with Gasteiger partial charge in [-0.3, -0.25) is 10.1 Å². The second kappa shape index (κ2) is 5.70. The number of nitro benzene ring substituents is 1. The van der Waals surface area contributed by atoms with Gasteiger partial charge in [0.05, 0.1) is 11.0 Å². The van der Waals surface area contributed by atoms with E-state index in [4.69, 9.17) is 0 Å². The lowest BCUT2D eigenvalue weighted by molar-refractivity contribution is -0.387. The smallest absolute Gasteiger partial charge is 0.305 e. The molecule has 0 spiro atoms. The molecule has 2 unspecified atom stereocenters. The molecule has 17 heavy (non-hydrogen) atoms. The molecule has 94 valence electrons. The average Bonchev–Trinajstić information content (AvgIpc) is 2.28. The van der Waals surface area contributed by atoms with Crippen molar-refractivity contribution in [1.82, 2.24) is 5.32 Å². The Morgan fingerprint density at radius 3 is 2.76 bits per heavy atom. The molecule has 0 radical (unpaired) electrons. The number of halogens is 1. The van der Waals surface area contributed by atoms with E-state index >= 15 is 0 Å². The van der Waals surface area contributed by atoms with Gasteiger partial charge in [0.25, 0.3) is 0 Å². The second-order valence-corrected chi connectivity index (χ2v) is 3.76. The van der Waals surface area contributed by atoms with Gasteiger partial charge in [-0.2, -0.15) is 4.39 Å². The molecule has 6 heteroatoms. The molecule has 0 bridgehead atoms. The molecule has 2 atom stereocenters. The minimum atomic E-state index is -0.908. The zero-order valence-electron chi connectivity index (χ0n) is 9.68. The van der Waals surface area contributed by atoms with Gasteiger partial charge in [0.1, 0.15) is 0 Å². The molecular formula is C11H15FN2O3. The quantitative estimate of drug-likeness (QED) is 0.609. The maximum absolute atomic E-state index is 13.1. The summed E-state index contributed by atoms with van der Waals surface area (Å²) in [5.74, 6) is -0.901. The van der Waals surface area contributed by atoms with Crippen LogP contribution in [0.5, 0.6) is 0 Å². The van der Waals surface area contributed by atoms with Gasteiger partial charge >= 0.3 is 5.69 Å². The van der Waals surface area contributed by atoms with Crippen molar-refractivity contribution in [2.75, 3.05) is 6.54 Å². The van der Waals surface area contributed by atoms with Crippen molar-refractivity contribution in [2.45, 2.75) is 26.0 Å². The summed E-state index contributed by atoms with van der Waals surface area (Å²) in [6.07, 6.45) is -0.908. The highest BCUT2D eigenvalue weighted by Crippen LogP contribution is 2.24. The summed E-state index contributed by atoms with van der Waals surface area (Å²) < 4.78 is 13.1. The number of nitro groups is 1. The van der Waals surface area contributed by atoms with Crippen molar-refractivity contribution in [2.24, 2.45) is 0 Å². The molecule has 0 saturated heterocycles. The maximum Gasteiger partial charge on any atom is 0.305 e. The number of benzene rings is 1. The molecule has 0 amide bonds. The van der Waals surface area contributed by atoms with Crippen LogP contribution in [-0.2, 0) is 0 Å². The van der Waals surface area contributed by atoms with Crippen molar-refractivity contribution in [3.63, 3.8) is 0 Å². The van der Waals surface area contributed by atoms with Crippen LogP contribution in [0.25, 0.3) is 0 Å². The minimum absolute atomic E-state index is 0.259. The summed E-state index contributed by atoms with van der Waals surface area (Å²) in [6, 6.07) is 3.15. The first-order chi connectivity index (χ1) is 7.97. The standard InChI is InChI=1S/C11H15FN2O3/c1-3-13-7(2)11(15)8-4-5-9(12)10(6-8)14(16)17/h4-7,11,13,15H,3H2,1-2H3. The highest BCUT2D eigenvalue weighted by atomic mass is 19.1. The van der Waals surface area contributed by atoms with Crippen molar-refractivity contribution in [3.05, 3.63) is 39.7 Å². The van der Waals surface area contributed by atoms with E-state index in [1.54, 1.807) is 6.92 Å². The third kappa shape index (κ3) is 3.21. The summed E-state index contributed by atoms with van der Waals surface area (Å²) in [4.78, 5) is 9.76. The van der Waals surface area contributed by atoms with Crippen molar-refractivity contribution < 1.29 is 14.4 Å². The van der Waals surface area contributed by atoms with Gasteiger partial charge in [-0.15, -0.1) is 0 Å². The molecule has 1 rings (SSSR count). The van der Waals surface area contributed by atoms with E-state index < -0.39 is 22.5 Å². The highest BCUT2D eigenvalue weighted by molar-refractivity contribution is 5.37. The molecule has 1 aromatic carbocycles. The van der Waals surface area contributed by atoms with Crippen LogP contribution in [0.1, 0.15) is 25.5 Å². The van der Waals surface area contributed by atoms with Crippen LogP contribution in [-0.4, -0.2) is 22.6 Å². The number of nitrogens with zero attached hydrogens (tertiary/aromatic N) is 1. The number of aliphatic hydroxyl groups excluding tert-OH is 1. The molecule has 0 fully saturated rings. The van der Waals surface area contributed by atoms with E-state index in [0.717, 1.165) is 12.1 Å². The molecule has 2 N–H and O–H groups in total. The topological polar surface area (TPSA) is 75.4 Å². The largest absolute Gasteiger partial charge is 0.387 e. The Labute approximate surface area is 98.4 Å². The fraction of sp³-hybridized carbons (Fsp3) is 0.455. The van der Waals surface area contributed by atoms with Gasteiger partial charge in [-0.25, -0.2) is 0 Å². The summed E-state index contributed by atoms with van der Waals surface area (Å²) in [7, 11) is 0. The van der Waals surface area contributed by atoms with Crippen LogP contribution in [0, 0.1) is 15.9 Å². The van der Waals surface area contributed by atoms with Crippen molar-refractivity contribution in [3.8, 4) is 0 Å². The van der Waals surface area contributed by atoms with Gasteiger partial charge < -0.3 is 10.4 Å². The predicted molar refractivity (Wildman–Crippen MR) is 61.2 cm³/mol. The highest BCUT2D eigenvalue weighted by Gasteiger charge is 2.20. The number of hydrogen-bond donors (Lipinski definition) is 2. The van der Waals surface area contributed by atoms with Gasteiger partial charge in [-0.05, 0) is 25.1 Å². The van der Waals surface area contributed by atoms with Crippen LogP contribution in [0.15, 0.2) is 18.2 Å². The van der Waals surface area contributed by atoms with Crippen LogP contribution >= 0.6 is 0 Å². The van der Waals surface area contributed by atoms with Crippen LogP contribution in [0.2, 0.25) is 0 Å². The van der Waals surface area contributed by atoms with E-state index in [-0.39, 0.29) is 6.04 Å². The van der Waals surface area contributed by atoms with Gasteiger partial charge in [-0.1, -0.05) is 13.0 Å². The fourth-order valence-corrected chi connectivity index (χ4v) is 1.58. The molecular weight excluding hydrogens is 227 g/mol. The second-order valence-electron chi connectivity index (χ2n) is 3.76. The third-order valence-electron chi connectivity index (χ3n) is 2.51. The summed E-state index contributed by atoms with van der Waals surface area (Å²) in [5, 5.41) is 23.5. The number of likely N-dealkylation sites (N-methyl/N-ethyl adjacent to an activating group) is 1. The van der Waals surface area contributed by atoms with E-state index in [2.05, 4.69) is 5.32 Å². The molecule has 0 aliphatic carbocycles. The van der Waals surface area contributed by atoms with E-state index in [1.807, 2.05) is 6.92 Å². The third-order valence-corrected chi connectivity index (χ3v) is 2.51. The normalized spacial score (nSPS) is 14.4. The molecule has 0 aliphatic heterocycles. The van der Waals surface area contributed by atoms with Crippen LogP contribution in [0.4, 0.5) is 10.1 Å². The average molecular weight is 242 g/mol.